The third-order valence-corrected chi connectivity index (χ3v) is 2.04. The number of alkyl halides is 9. The van der Waals surface area contributed by atoms with Gasteiger partial charge in [0.15, 0.2) is 5.75 Å². The van der Waals surface area contributed by atoms with E-state index in [1.54, 1.807) is 0 Å². The molecule has 1 rings (SSSR count). The van der Waals surface area contributed by atoms with Gasteiger partial charge in [-0.25, -0.2) is 0 Å². The average molecular weight is 297 g/mol. The first-order chi connectivity index (χ1) is 8.26. The van der Waals surface area contributed by atoms with Crippen molar-refractivity contribution in [3.8, 4) is 5.75 Å². The number of hydrogen-bond acceptors (Lipinski definition) is 0. The summed E-state index contributed by atoms with van der Waals surface area (Å²) in [5.74, 6) is -2.17. The topological polar surface area (TPSA) is 19.9 Å². The average Bonchev–Trinajstić information content (AvgIpc) is 2.11. The summed E-state index contributed by atoms with van der Waals surface area (Å²) < 4.78 is 111. The lowest BCUT2D eigenvalue weighted by Crippen LogP contribution is -2.22. The van der Waals surface area contributed by atoms with Crippen molar-refractivity contribution in [1.82, 2.24) is 0 Å². The van der Waals surface area contributed by atoms with Gasteiger partial charge in [-0.05, 0) is 12.1 Å². The van der Waals surface area contributed by atoms with Crippen molar-refractivity contribution in [3.63, 3.8) is 0 Å². The third kappa shape index (κ3) is 3.04. The van der Waals surface area contributed by atoms with E-state index in [4.69, 9.17) is 0 Å². The Hall–Kier alpha value is -1.61. The molecule has 0 heterocycles. The second-order valence-corrected chi connectivity index (χ2v) is 3.35. The van der Waals surface area contributed by atoms with Gasteiger partial charge < -0.3 is 0 Å². The van der Waals surface area contributed by atoms with Gasteiger partial charge in [-0.1, -0.05) is 0 Å². The van der Waals surface area contributed by atoms with Crippen molar-refractivity contribution in [2.45, 2.75) is 18.5 Å². The van der Waals surface area contributed by atoms with Crippen LogP contribution in [0.3, 0.4) is 0 Å². The summed E-state index contributed by atoms with van der Waals surface area (Å²) in [4.78, 5) is 0. The number of rotatable bonds is 0. The van der Waals surface area contributed by atoms with Crippen LogP contribution in [0.15, 0.2) is 12.1 Å². The molecule has 1 aromatic rings. The normalized spacial score (nSPS) is 13.7. The maximum absolute atomic E-state index is 12.4. The molecule has 1 nitrogen and oxygen atoms in total. The fourth-order valence-corrected chi connectivity index (χ4v) is 1.40. The Balaban J connectivity index is 3.82. The van der Waals surface area contributed by atoms with Crippen molar-refractivity contribution in [3.05, 3.63) is 28.8 Å². The lowest BCUT2D eigenvalue weighted by atomic mass is 9.98. The Morgan fingerprint density at radius 2 is 1.05 bits per heavy atom. The largest absolute Gasteiger partial charge is 0.420 e. The van der Waals surface area contributed by atoms with E-state index < -0.39 is 41.0 Å². The monoisotopic (exact) mass is 297 g/mol. The smallest absolute Gasteiger partial charge is 0.289 e. The van der Waals surface area contributed by atoms with E-state index >= 15 is 0 Å². The lowest BCUT2D eigenvalue weighted by Gasteiger charge is -2.20. The molecule has 0 bridgehead atoms. The predicted octanol–water partition coefficient (Wildman–Crippen LogP) is 4.89. The standard InChI is InChI=1S/C9H2F9O/c10-7(11,12)3-1-2-4(19)6(9(16,17)18)5(3)8(13,14)15/h1-2H. The molecular formula is C9H2F9O. The minimum atomic E-state index is -5.96. The van der Waals surface area contributed by atoms with Crippen LogP contribution in [0.1, 0.15) is 16.7 Å². The highest BCUT2D eigenvalue weighted by Gasteiger charge is 2.51. The van der Waals surface area contributed by atoms with Gasteiger partial charge >= 0.3 is 18.5 Å². The molecule has 0 spiro atoms. The highest BCUT2D eigenvalue weighted by Crippen LogP contribution is 2.49. The van der Waals surface area contributed by atoms with E-state index in [-0.39, 0.29) is 12.1 Å². The highest BCUT2D eigenvalue weighted by molar-refractivity contribution is 5.48. The van der Waals surface area contributed by atoms with Gasteiger partial charge in [0.1, 0.15) is 5.56 Å². The molecule has 0 amide bonds. The Morgan fingerprint density at radius 1 is 0.632 bits per heavy atom. The van der Waals surface area contributed by atoms with Crippen LogP contribution in [0, 0.1) is 0 Å². The summed E-state index contributed by atoms with van der Waals surface area (Å²) in [6.07, 6.45) is -17.5. The summed E-state index contributed by atoms with van der Waals surface area (Å²) >= 11 is 0. The quantitative estimate of drug-likeness (QED) is 0.608. The minimum absolute atomic E-state index is 0.194. The van der Waals surface area contributed by atoms with Crippen molar-refractivity contribution in [2.75, 3.05) is 0 Å². The first kappa shape index (κ1) is 15.4. The first-order valence-electron chi connectivity index (χ1n) is 4.32. The molecule has 19 heavy (non-hydrogen) atoms. The zero-order chi connectivity index (χ0) is 15.2. The molecule has 0 atom stereocenters. The first-order valence-corrected chi connectivity index (χ1v) is 4.32. The molecule has 0 saturated carbocycles. The summed E-state index contributed by atoms with van der Waals surface area (Å²) in [5, 5.41) is 10.8. The summed E-state index contributed by atoms with van der Waals surface area (Å²) in [6, 6.07) is -0.513. The number of halogens is 9. The maximum atomic E-state index is 12.4. The zero-order valence-corrected chi connectivity index (χ0v) is 8.46. The van der Waals surface area contributed by atoms with Gasteiger partial charge in [-0.2, -0.15) is 39.5 Å². The van der Waals surface area contributed by atoms with Crippen LogP contribution in [0.25, 0.3) is 0 Å². The molecule has 0 aliphatic carbocycles. The lowest BCUT2D eigenvalue weighted by molar-refractivity contribution is -0.175. The van der Waals surface area contributed by atoms with Crippen molar-refractivity contribution in [2.24, 2.45) is 0 Å². The molecule has 0 fully saturated rings. The third-order valence-electron chi connectivity index (χ3n) is 2.04. The van der Waals surface area contributed by atoms with Gasteiger partial charge in [0, 0.05) is 0 Å². The molecule has 0 N–H and O–H groups in total. The molecule has 1 radical (unpaired) electrons. The van der Waals surface area contributed by atoms with E-state index in [0.29, 0.717) is 0 Å². The van der Waals surface area contributed by atoms with E-state index in [2.05, 4.69) is 0 Å². The van der Waals surface area contributed by atoms with Gasteiger partial charge in [-0.15, -0.1) is 0 Å². The van der Waals surface area contributed by atoms with Crippen LogP contribution >= 0.6 is 0 Å². The summed E-state index contributed by atoms with van der Waals surface area (Å²) in [7, 11) is 0. The maximum Gasteiger partial charge on any atom is 0.420 e. The molecule has 10 heteroatoms. The van der Waals surface area contributed by atoms with E-state index in [9.17, 15) is 44.6 Å². The highest BCUT2D eigenvalue weighted by atomic mass is 19.4. The second kappa shape index (κ2) is 4.20. The van der Waals surface area contributed by atoms with E-state index in [0.717, 1.165) is 0 Å². The Labute approximate surface area is 98.8 Å². The van der Waals surface area contributed by atoms with Gasteiger partial charge in [0.25, 0.3) is 0 Å². The van der Waals surface area contributed by atoms with E-state index in [1.165, 1.54) is 0 Å². The second-order valence-electron chi connectivity index (χ2n) is 3.35. The van der Waals surface area contributed by atoms with Crippen molar-refractivity contribution in [1.29, 1.82) is 0 Å². The Kier molecular flexibility index (Phi) is 3.42. The van der Waals surface area contributed by atoms with Crippen LogP contribution in [-0.4, -0.2) is 0 Å². The van der Waals surface area contributed by atoms with Gasteiger partial charge in [0.2, 0.25) is 0 Å². The van der Waals surface area contributed by atoms with Crippen LogP contribution < -0.4 is 0 Å². The molecular weight excluding hydrogens is 295 g/mol. The van der Waals surface area contributed by atoms with Crippen molar-refractivity contribution < 1.29 is 44.6 Å². The van der Waals surface area contributed by atoms with Crippen LogP contribution in [0.5, 0.6) is 5.75 Å². The molecule has 0 aromatic heterocycles. The molecule has 0 aliphatic rings. The molecule has 0 unspecified atom stereocenters. The van der Waals surface area contributed by atoms with Gasteiger partial charge in [-0.3, -0.25) is 5.11 Å². The van der Waals surface area contributed by atoms with Crippen LogP contribution in [-0.2, 0) is 23.6 Å². The molecule has 107 valence electrons. The molecule has 1 aromatic carbocycles. The number of benzene rings is 1. The minimum Gasteiger partial charge on any atom is -0.289 e. The van der Waals surface area contributed by atoms with Crippen LogP contribution in [0.2, 0.25) is 0 Å². The van der Waals surface area contributed by atoms with E-state index in [1.807, 2.05) is 0 Å². The summed E-state index contributed by atoms with van der Waals surface area (Å²) in [5.41, 5.74) is -8.43. The van der Waals surface area contributed by atoms with Crippen LogP contribution in [0.4, 0.5) is 39.5 Å². The Bertz CT molecular complexity index is 480. The summed E-state index contributed by atoms with van der Waals surface area (Å²) in [6.45, 7) is 0. The Morgan fingerprint density at radius 3 is 1.37 bits per heavy atom. The fraction of sp³-hybridized carbons (Fsp3) is 0.333. The fourth-order valence-electron chi connectivity index (χ4n) is 1.40. The molecule has 0 aliphatic heterocycles. The SMILES string of the molecule is [O]c1ccc(C(F)(F)F)c(C(F)(F)F)c1C(F)(F)F. The number of hydrogen-bond donors (Lipinski definition) is 0. The zero-order valence-electron chi connectivity index (χ0n) is 8.46. The van der Waals surface area contributed by atoms with Gasteiger partial charge in [0.05, 0.1) is 11.1 Å². The molecule has 0 saturated heterocycles. The predicted molar refractivity (Wildman–Crippen MR) is 41.6 cm³/mol. The van der Waals surface area contributed by atoms with Crippen molar-refractivity contribution >= 4 is 0 Å².